The number of imidazole rings is 1. The molecular formula is C25H27N3O4S. The van der Waals surface area contributed by atoms with E-state index in [-0.39, 0.29) is 23.7 Å². The van der Waals surface area contributed by atoms with Crippen LogP contribution in [-0.2, 0) is 20.8 Å². The van der Waals surface area contributed by atoms with E-state index < -0.39 is 0 Å². The van der Waals surface area contributed by atoms with Crippen LogP contribution in [0.4, 0.5) is 5.69 Å². The molecule has 1 aromatic heterocycles. The highest BCUT2D eigenvalue weighted by atomic mass is 32.2. The van der Waals surface area contributed by atoms with Gasteiger partial charge in [0.25, 0.3) is 0 Å². The van der Waals surface area contributed by atoms with Crippen molar-refractivity contribution < 1.29 is 19.1 Å². The van der Waals surface area contributed by atoms with Gasteiger partial charge in [0.05, 0.1) is 42.5 Å². The van der Waals surface area contributed by atoms with Crippen molar-refractivity contribution in [2.45, 2.75) is 37.6 Å². The Kier molecular flexibility index (Phi) is 7.80. The van der Waals surface area contributed by atoms with Crippen LogP contribution in [0.15, 0.2) is 66.0 Å². The summed E-state index contributed by atoms with van der Waals surface area (Å²) in [4.78, 5) is 28.9. The van der Waals surface area contributed by atoms with E-state index >= 15 is 0 Å². The number of hydrogen-bond donors (Lipinski definition) is 1. The van der Waals surface area contributed by atoms with Gasteiger partial charge < -0.3 is 19.4 Å². The molecular weight excluding hydrogens is 438 g/mol. The molecule has 0 saturated carbocycles. The van der Waals surface area contributed by atoms with Crippen LogP contribution in [0.25, 0.3) is 11.3 Å². The van der Waals surface area contributed by atoms with E-state index in [1.54, 1.807) is 31.2 Å². The van der Waals surface area contributed by atoms with Crippen molar-refractivity contribution in [2.75, 3.05) is 24.3 Å². The van der Waals surface area contributed by atoms with Gasteiger partial charge in [0.1, 0.15) is 0 Å². The summed E-state index contributed by atoms with van der Waals surface area (Å²) in [5.41, 5.74) is 3.18. The van der Waals surface area contributed by atoms with Crippen molar-refractivity contribution in [1.29, 1.82) is 0 Å². The average molecular weight is 466 g/mol. The summed E-state index contributed by atoms with van der Waals surface area (Å²) < 4.78 is 13.0. The number of hydrogen-bond acceptors (Lipinski definition) is 6. The van der Waals surface area contributed by atoms with Gasteiger partial charge in [-0.2, -0.15) is 0 Å². The molecule has 3 aromatic rings. The minimum Gasteiger partial charge on any atom is -0.462 e. The summed E-state index contributed by atoms with van der Waals surface area (Å²) in [6.45, 7) is 3.59. The van der Waals surface area contributed by atoms with Crippen LogP contribution in [0.1, 0.15) is 30.1 Å². The third-order valence-electron chi connectivity index (χ3n) is 5.31. The first-order valence-corrected chi connectivity index (χ1v) is 12.0. The number of nitrogens with zero attached hydrogens (tertiary/aromatic N) is 2. The highest BCUT2D eigenvalue weighted by molar-refractivity contribution is 7.99. The van der Waals surface area contributed by atoms with Crippen molar-refractivity contribution in [3.05, 3.63) is 66.4 Å². The van der Waals surface area contributed by atoms with Crippen LogP contribution in [-0.4, -0.2) is 46.5 Å². The number of ether oxygens (including phenoxy) is 2. The molecule has 1 atom stereocenters. The largest absolute Gasteiger partial charge is 0.462 e. The molecule has 1 amide bonds. The minimum atomic E-state index is -0.377. The number of aromatic nitrogens is 2. The summed E-state index contributed by atoms with van der Waals surface area (Å²) in [7, 11) is 0. The zero-order chi connectivity index (χ0) is 23.0. The molecule has 0 radical (unpaired) electrons. The van der Waals surface area contributed by atoms with Crippen molar-refractivity contribution in [3.63, 3.8) is 0 Å². The normalized spacial score (nSPS) is 15.4. The second-order valence-corrected chi connectivity index (χ2v) is 8.61. The number of esters is 1. The standard InChI is InChI=1S/C25H27N3O4S/c1-2-31-24(30)19-10-12-20(13-11-19)27-23(29)17-33-25-26-15-22(18-7-4-3-5-8-18)28(25)16-21-9-6-14-32-21/h3-5,7-8,10-13,15,21H,2,6,9,14,16-17H2,1H3,(H,27,29)/t21-/m1/s1. The van der Waals surface area contributed by atoms with Crippen LogP contribution in [0.2, 0.25) is 0 Å². The van der Waals surface area contributed by atoms with Gasteiger partial charge in [-0.15, -0.1) is 0 Å². The number of rotatable bonds is 9. The lowest BCUT2D eigenvalue weighted by atomic mass is 10.1. The second-order valence-electron chi connectivity index (χ2n) is 7.67. The predicted molar refractivity (Wildman–Crippen MR) is 128 cm³/mol. The Bertz CT molecular complexity index is 1080. The van der Waals surface area contributed by atoms with Gasteiger partial charge in [-0.1, -0.05) is 42.1 Å². The van der Waals surface area contributed by atoms with Gasteiger partial charge in [-0.05, 0) is 49.6 Å². The molecule has 1 fully saturated rings. The molecule has 2 heterocycles. The Balaban J connectivity index is 1.41. The number of carbonyl (C=O) groups is 2. The van der Waals surface area contributed by atoms with E-state index in [0.717, 1.165) is 35.9 Å². The number of amides is 1. The third-order valence-corrected chi connectivity index (χ3v) is 6.30. The Morgan fingerprint density at radius 1 is 1.18 bits per heavy atom. The van der Waals surface area contributed by atoms with Gasteiger partial charge in [-0.3, -0.25) is 4.79 Å². The van der Waals surface area contributed by atoms with Crippen molar-refractivity contribution in [3.8, 4) is 11.3 Å². The Morgan fingerprint density at radius 3 is 2.67 bits per heavy atom. The molecule has 172 valence electrons. The number of benzene rings is 2. The zero-order valence-electron chi connectivity index (χ0n) is 18.5. The van der Waals surface area contributed by atoms with Gasteiger partial charge in [-0.25, -0.2) is 9.78 Å². The molecule has 7 nitrogen and oxygen atoms in total. The first kappa shape index (κ1) is 23.1. The molecule has 1 aliphatic heterocycles. The highest BCUT2D eigenvalue weighted by Gasteiger charge is 2.21. The molecule has 0 spiro atoms. The van der Waals surface area contributed by atoms with Gasteiger partial charge in [0.15, 0.2) is 5.16 Å². The van der Waals surface area contributed by atoms with E-state index in [1.165, 1.54) is 11.8 Å². The molecule has 1 saturated heterocycles. The lowest BCUT2D eigenvalue weighted by Gasteiger charge is -2.16. The maximum atomic E-state index is 12.6. The molecule has 0 unspecified atom stereocenters. The highest BCUT2D eigenvalue weighted by Crippen LogP contribution is 2.28. The van der Waals surface area contributed by atoms with Crippen LogP contribution in [0.3, 0.4) is 0 Å². The molecule has 33 heavy (non-hydrogen) atoms. The van der Waals surface area contributed by atoms with E-state index in [2.05, 4.69) is 27.0 Å². The quantitative estimate of drug-likeness (QED) is 0.366. The first-order chi connectivity index (χ1) is 16.1. The number of thioether (sulfide) groups is 1. The van der Waals surface area contributed by atoms with Crippen LogP contribution < -0.4 is 5.32 Å². The van der Waals surface area contributed by atoms with Crippen LogP contribution in [0.5, 0.6) is 0 Å². The second kappa shape index (κ2) is 11.2. The molecule has 8 heteroatoms. The number of carbonyl (C=O) groups excluding carboxylic acids is 2. The smallest absolute Gasteiger partial charge is 0.338 e. The Labute approximate surface area is 197 Å². The van der Waals surface area contributed by atoms with E-state index in [4.69, 9.17) is 9.47 Å². The fourth-order valence-electron chi connectivity index (χ4n) is 3.71. The van der Waals surface area contributed by atoms with E-state index in [0.29, 0.717) is 24.4 Å². The van der Waals surface area contributed by atoms with Gasteiger partial charge >= 0.3 is 5.97 Å². The SMILES string of the molecule is CCOC(=O)c1ccc(NC(=O)CSc2ncc(-c3ccccc3)n2C[C@H]2CCCO2)cc1. The summed E-state index contributed by atoms with van der Waals surface area (Å²) in [6.07, 6.45) is 4.12. The van der Waals surface area contributed by atoms with Crippen molar-refractivity contribution >= 4 is 29.3 Å². The summed E-state index contributed by atoms with van der Waals surface area (Å²) in [5, 5.41) is 3.66. The predicted octanol–water partition coefficient (Wildman–Crippen LogP) is 4.64. The average Bonchev–Trinajstić information content (AvgIpc) is 3.49. The fraction of sp³-hybridized carbons (Fsp3) is 0.320. The van der Waals surface area contributed by atoms with Crippen molar-refractivity contribution in [1.82, 2.24) is 9.55 Å². The number of nitrogens with one attached hydrogen (secondary N) is 1. The van der Waals surface area contributed by atoms with Crippen LogP contribution >= 0.6 is 11.8 Å². The molecule has 0 aliphatic carbocycles. The summed E-state index contributed by atoms with van der Waals surface area (Å²) >= 11 is 1.40. The fourth-order valence-corrected chi connectivity index (χ4v) is 4.50. The molecule has 2 aromatic carbocycles. The lowest BCUT2D eigenvalue weighted by molar-refractivity contribution is -0.113. The Morgan fingerprint density at radius 2 is 1.97 bits per heavy atom. The van der Waals surface area contributed by atoms with Gasteiger partial charge in [0.2, 0.25) is 5.91 Å². The minimum absolute atomic E-state index is 0.142. The monoisotopic (exact) mass is 465 g/mol. The van der Waals surface area contributed by atoms with Gasteiger partial charge in [0, 0.05) is 12.3 Å². The maximum Gasteiger partial charge on any atom is 0.338 e. The molecule has 1 aliphatic rings. The topological polar surface area (TPSA) is 82.5 Å². The third kappa shape index (κ3) is 6.03. The number of anilines is 1. The first-order valence-electron chi connectivity index (χ1n) is 11.1. The van der Waals surface area contributed by atoms with Crippen molar-refractivity contribution in [2.24, 2.45) is 0 Å². The lowest BCUT2D eigenvalue weighted by Crippen LogP contribution is -2.18. The zero-order valence-corrected chi connectivity index (χ0v) is 19.3. The summed E-state index contributed by atoms with van der Waals surface area (Å²) in [5.74, 6) is -0.300. The summed E-state index contributed by atoms with van der Waals surface area (Å²) in [6, 6.07) is 16.8. The van der Waals surface area contributed by atoms with E-state index in [9.17, 15) is 9.59 Å². The maximum absolute atomic E-state index is 12.6. The molecule has 4 rings (SSSR count). The van der Waals surface area contributed by atoms with Crippen LogP contribution in [0, 0.1) is 0 Å². The molecule has 0 bridgehead atoms. The Hall–Kier alpha value is -3.10. The van der Waals surface area contributed by atoms with E-state index in [1.807, 2.05) is 24.4 Å². The molecule has 1 N–H and O–H groups in total.